The molecule has 0 amide bonds. The summed E-state index contributed by atoms with van der Waals surface area (Å²) in [6, 6.07) is 42.0. The summed E-state index contributed by atoms with van der Waals surface area (Å²) in [6.45, 7) is 4.51. The molecule has 1 heterocycles. The van der Waals surface area contributed by atoms with Crippen LogP contribution >= 0.6 is 0 Å². The largest absolute Gasteiger partial charge is 0.456 e. The van der Waals surface area contributed by atoms with E-state index in [1.165, 1.54) is 11.1 Å². The van der Waals surface area contributed by atoms with Crippen molar-refractivity contribution in [3.05, 3.63) is 132 Å². The lowest BCUT2D eigenvalue weighted by Gasteiger charge is -2.29. The van der Waals surface area contributed by atoms with E-state index < -0.39 is 0 Å². The molecule has 1 nitrogen and oxygen atoms in total. The van der Waals surface area contributed by atoms with Crippen LogP contribution in [0.4, 0.5) is 0 Å². The molecule has 0 bridgehead atoms. The van der Waals surface area contributed by atoms with Crippen molar-refractivity contribution in [3.63, 3.8) is 0 Å². The van der Waals surface area contributed by atoms with Crippen LogP contribution in [0.1, 0.15) is 25.0 Å². The molecule has 0 N–H and O–H groups in total. The normalized spacial score (nSPS) is 13.2. The average Bonchev–Trinajstić information content (AvgIpc) is 3.73. The molecule has 0 spiro atoms. The van der Waals surface area contributed by atoms with Crippen LogP contribution in [0.15, 0.2) is 126 Å². The summed E-state index contributed by atoms with van der Waals surface area (Å²) in [7, 11) is 55.4. The average molecular weight is 741 g/mol. The van der Waals surface area contributed by atoms with E-state index in [9.17, 15) is 0 Å². The molecule has 0 saturated carbocycles. The lowest BCUT2D eigenvalue weighted by Crippen LogP contribution is -2.50. The van der Waals surface area contributed by atoms with Crippen molar-refractivity contribution >= 4 is 161 Å². The molecule has 1 aromatic heterocycles. The van der Waals surface area contributed by atoms with E-state index in [1.807, 2.05) is 30.3 Å². The topological polar surface area (TPSA) is 13.1 Å². The minimum absolute atomic E-state index is 0.169. The van der Waals surface area contributed by atoms with Crippen molar-refractivity contribution in [2.45, 2.75) is 19.3 Å². The Hall–Kier alpha value is -5.92. The van der Waals surface area contributed by atoms with Gasteiger partial charge in [-0.1, -0.05) is 121 Å². The summed E-state index contributed by atoms with van der Waals surface area (Å²) in [5.41, 5.74) is 12.8. The molecule has 1 aliphatic rings. The van der Waals surface area contributed by atoms with Crippen LogP contribution in [0.3, 0.4) is 0 Å². The molecular formula is C51H26B8O. The maximum Gasteiger partial charge on any atom is 0.136 e. The van der Waals surface area contributed by atoms with Gasteiger partial charge in [-0.3, -0.25) is 0 Å². The third-order valence-electron chi connectivity index (χ3n) is 13.0. The summed E-state index contributed by atoms with van der Waals surface area (Å²) in [4.78, 5) is 0. The van der Waals surface area contributed by atoms with Gasteiger partial charge in [0.15, 0.2) is 0 Å². The molecule has 0 fully saturated rings. The number of rotatable bonds is 3. The highest BCUT2D eigenvalue weighted by Gasteiger charge is 2.36. The Balaban J connectivity index is 1.24. The molecular weight excluding hydrogens is 715 g/mol. The molecule has 16 radical (unpaired) electrons. The fraction of sp³-hybridized carbons (Fsp3) is 0.0588. The first kappa shape index (κ1) is 37.1. The molecule has 0 atom stereocenters. The second-order valence-electron chi connectivity index (χ2n) is 16.6. The quantitative estimate of drug-likeness (QED) is 0.189. The molecule has 0 aliphatic heterocycles. The SMILES string of the molecule is [B]c1c([B])c([B])c2c(-c3ccc4oc5cc6ccccc6cc5c4c3)c3c([B])c([B])c([B])c([B])c3c(-c3ccc4c(c3)C(C)(C)c3cc(-c5ccccc5)ccc3-4)c2c1[B]. The molecule has 60 heavy (non-hydrogen) atoms. The fourth-order valence-corrected chi connectivity index (χ4v) is 9.84. The lowest BCUT2D eigenvalue weighted by atomic mass is 9.59. The molecule has 10 aromatic rings. The van der Waals surface area contributed by atoms with E-state index in [4.69, 9.17) is 67.2 Å². The molecule has 11 rings (SSSR count). The standard InChI is InChI=1S/C51H26B8O/c1-51(2)33-20-26(23-8-4-3-5-9-23)12-15-29(33)30-16-13-28(21-34(30)51)38-41-39(43(52)47(56)49(58)45(41)54)37(40-42(38)46(55)50(59)48(57)44(40)53)27-14-17-35-31(19-27)32-18-24-10-6-7-11-25(24)22-36(32)60-35/h3-22H,1-2H3. The zero-order chi connectivity index (χ0) is 41.5. The van der Waals surface area contributed by atoms with E-state index >= 15 is 0 Å². The molecule has 0 saturated heterocycles. The van der Waals surface area contributed by atoms with E-state index in [0.717, 1.165) is 66.1 Å². The van der Waals surface area contributed by atoms with Crippen LogP contribution in [-0.4, -0.2) is 62.8 Å². The molecule has 260 valence electrons. The van der Waals surface area contributed by atoms with Crippen molar-refractivity contribution in [2.75, 3.05) is 0 Å². The fourth-order valence-electron chi connectivity index (χ4n) is 9.84. The van der Waals surface area contributed by atoms with Crippen molar-refractivity contribution in [3.8, 4) is 44.5 Å². The Morgan fingerprint density at radius 2 is 0.800 bits per heavy atom. The number of hydrogen-bond acceptors (Lipinski definition) is 1. The first-order chi connectivity index (χ1) is 28.8. The summed E-state index contributed by atoms with van der Waals surface area (Å²) >= 11 is 0. The van der Waals surface area contributed by atoms with Gasteiger partial charge in [-0.15, -0.1) is 21.9 Å². The van der Waals surface area contributed by atoms with Crippen molar-refractivity contribution in [1.82, 2.24) is 0 Å². The maximum atomic E-state index is 7.12. The van der Waals surface area contributed by atoms with Crippen LogP contribution in [0.5, 0.6) is 0 Å². The number of furan rings is 1. The molecule has 9 heteroatoms. The highest BCUT2D eigenvalue weighted by Crippen LogP contribution is 2.52. The maximum absolute atomic E-state index is 7.12. The highest BCUT2D eigenvalue weighted by molar-refractivity contribution is 6.71. The zero-order valence-electron chi connectivity index (χ0n) is 33.1. The second-order valence-corrected chi connectivity index (χ2v) is 16.6. The first-order valence-electron chi connectivity index (χ1n) is 19.8. The van der Waals surface area contributed by atoms with Crippen molar-refractivity contribution < 1.29 is 4.42 Å². The van der Waals surface area contributed by atoms with Gasteiger partial charge in [-0.2, -0.15) is 0 Å². The predicted molar refractivity (Wildman–Crippen MR) is 263 cm³/mol. The predicted octanol–water partition coefficient (Wildman–Crippen LogP) is 4.70. The van der Waals surface area contributed by atoms with Gasteiger partial charge in [0.2, 0.25) is 0 Å². The van der Waals surface area contributed by atoms with E-state index in [0.29, 0.717) is 32.7 Å². The summed E-state index contributed by atoms with van der Waals surface area (Å²) < 4.78 is 6.40. The minimum atomic E-state index is -0.368. The molecule has 0 unspecified atom stereocenters. The van der Waals surface area contributed by atoms with Crippen LogP contribution in [0, 0.1) is 0 Å². The Morgan fingerprint density at radius 1 is 0.367 bits per heavy atom. The summed E-state index contributed by atoms with van der Waals surface area (Å²) in [5, 5.41) is 6.35. The van der Waals surface area contributed by atoms with Crippen LogP contribution in [0.25, 0.3) is 98.8 Å². The van der Waals surface area contributed by atoms with Crippen LogP contribution in [-0.2, 0) is 5.41 Å². The summed E-state index contributed by atoms with van der Waals surface area (Å²) in [5.74, 6) is 0. The van der Waals surface area contributed by atoms with Crippen LogP contribution < -0.4 is 43.7 Å². The highest BCUT2D eigenvalue weighted by atomic mass is 16.3. The first-order valence-corrected chi connectivity index (χ1v) is 19.8. The van der Waals surface area contributed by atoms with Gasteiger partial charge in [-0.05, 0) is 124 Å². The lowest BCUT2D eigenvalue weighted by molar-refractivity contribution is 0.661. The monoisotopic (exact) mass is 742 g/mol. The van der Waals surface area contributed by atoms with Gasteiger partial charge in [0.25, 0.3) is 0 Å². The summed E-state index contributed by atoms with van der Waals surface area (Å²) in [6.07, 6.45) is 0. The van der Waals surface area contributed by atoms with Crippen LogP contribution in [0.2, 0.25) is 0 Å². The second kappa shape index (κ2) is 13.0. The van der Waals surface area contributed by atoms with Gasteiger partial charge in [0, 0.05) is 16.2 Å². The number of fused-ring (bicyclic) bond motifs is 9. The van der Waals surface area contributed by atoms with E-state index in [2.05, 4.69) is 105 Å². The Kier molecular flexibility index (Phi) is 8.06. The van der Waals surface area contributed by atoms with Gasteiger partial charge in [0.05, 0.1) is 0 Å². The Morgan fingerprint density at radius 3 is 1.35 bits per heavy atom. The van der Waals surface area contributed by atoms with Gasteiger partial charge in [0.1, 0.15) is 73.9 Å². The Labute approximate surface area is 359 Å². The van der Waals surface area contributed by atoms with Gasteiger partial charge >= 0.3 is 0 Å². The van der Waals surface area contributed by atoms with Gasteiger partial charge < -0.3 is 4.42 Å². The third kappa shape index (κ3) is 5.05. The number of benzene rings is 9. The van der Waals surface area contributed by atoms with E-state index in [-0.39, 0.29) is 49.1 Å². The van der Waals surface area contributed by atoms with Crippen molar-refractivity contribution in [2.24, 2.45) is 0 Å². The molecule has 9 aromatic carbocycles. The third-order valence-corrected chi connectivity index (χ3v) is 13.0. The van der Waals surface area contributed by atoms with Crippen molar-refractivity contribution in [1.29, 1.82) is 0 Å². The van der Waals surface area contributed by atoms with E-state index in [1.54, 1.807) is 0 Å². The zero-order valence-corrected chi connectivity index (χ0v) is 33.1. The smallest absolute Gasteiger partial charge is 0.136 e. The molecule has 1 aliphatic carbocycles. The Bertz CT molecular complexity index is 3470. The minimum Gasteiger partial charge on any atom is -0.456 e. The van der Waals surface area contributed by atoms with Gasteiger partial charge in [-0.25, -0.2) is 0 Å². The number of hydrogen-bond donors (Lipinski definition) is 0.